The molecule has 0 N–H and O–H groups in total. The molecule has 78 valence electrons. The highest BCUT2D eigenvalue weighted by atomic mass is 35.5. The van der Waals surface area contributed by atoms with Crippen LogP contribution in [0.5, 0.6) is 6.01 Å². The summed E-state index contributed by atoms with van der Waals surface area (Å²) in [5.41, 5.74) is 0. The molecule has 5 nitrogen and oxygen atoms in total. The maximum absolute atomic E-state index is 5.99. The standard InChI is InChI=1S/C9H9ClN4O/c1-6-11-3-4-14(6)8-7(10)5-12-9(13-8)15-2/h3-5H,1-2H3. The summed E-state index contributed by atoms with van der Waals surface area (Å²) in [7, 11) is 1.51. The molecule has 15 heavy (non-hydrogen) atoms. The molecule has 0 fully saturated rings. The Hall–Kier alpha value is -1.62. The highest BCUT2D eigenvalue weighted by Gasteiger charge is 2.09. The lowest BCUT2D eigenvalue weighted by Crippen LogP contribution is -2.02. The number of hydrogen-bond donors (Lipinski definition) is 0. The third-order valence-corrected chi connectivity index (χ3v) is 2.21. The second kappa shape index (κ2) is 3.86. The Morgan fingerprint density at radius 1 is 1.40 bits per heavy atom. The second-order valence-corrected chi connectivity index (χ2v) is 3.28. The monoisotopic (exact) mass is 224 g/mol. The first-order valence-electron chi connectivity index (χ1n) is 4.29. The number of aryl methyl sites for hydroxylation is 1. The van der Waals surface area contributed by atoms with Gasteiger partial charge in [0.1, 0.15) is 10.8 Å². The van der Waals surface area contributed by atoms with Gasteiger partial charge in [-0.1, -0.05) is 11.6 Å². The van der Waals surface area contributed by atoms with Crippen molar-refractivity contribution < 1.29 is 4.74 Å². The summed E-state index contributed by atoms with van der Waals surface area (Å²) < 4.78 is 6.70. The van der Waals surface area contributed by atoms with E-state index < -0.39 is 0 Å². The van der Waals surface area contributed by atoms with Crippen molar-refractivity contribution in [1.82, 2.24) is 19.5 Å². The van der Waals surface area contributed by atoms with Gasteiger partial charge in [-0.2, -0.15) is 4.98 Å². The molecule has 0 saturated carbocycles. The molecule has 0 unspecified atom stereocenters. The first kappa shape index (κ1) is 9.92. The zero-order valence-corrected chi connectivity index (χ0v) is 9.06. The Morgan fingerprint density at radius 3 is 2.80 bits per heavy atom. The van der Waals surface area contributed by atoms with E-state index in [2.05, 4.69) is 15.0 Å². The number of imidazole rings is 1. The Kier molecular flexibility index (Phi) is 2.55. The van der Waals surface area contributed by atoms with Gasteiger partial charge in [0, 0.05) is 12.4 Å². The van der Waals surface area contributed by atoms with Gasteiger partial charge in [0.2, 0.25) is 0 Å². The summed E-state index contributed by atoms with van der Waals surface area (Å²) in [5, 5.41) is 0.455. The van der Waals surface area contributed by atoms with Crippen LogP contribution >= 0.6 is 11.6 Å². The van der Waals surface area contributed by atoms with E-state index in [1.165, 1.54) is 13.3 Å². The molecule has 0 aliphatic heterocycles. The molecule has 0 bridgehead atoms. The maximum Gasteiger partial charge on any atom is 0.318 e. The number of methoxy groups -OCH3 is 1. The molecule has 2 rings (SSSR count). The lowest BCUT2D eigenvalue weighted by atomic mass is 10.5. The molecule has 0 aliphatic rings. The molecular weight excluding hydrogens is 216 g/mol. The first-order chi connectivity index (χ1) is 7.22. The summed E-state index contributed by atoms with van der Waals surface area (Å²) in [4.78, 5) is 12.1. The molecular formula is C9H9ClN4O. The third-order valence-electron chi connectivity index (χ3n) is 1.94. The van der Waals surface area contributed by atoms with Gasteiger partial charge in [-0.3, -0.25) is 4.57 Å². The van der Waals surface area contributed by atoms with Gasteiger partial charge in [-0.15, -0.1) is 0 Å². The average molecular weight is 225 g/mol. The van der Waals surface area contributed by atoms with E-state index in [9.17, 15) is 0 Å². The van der Waals surface area contributed by atoms with Crippen molar-refractivity contribution in [1.29, 1.82) is 0 Å². The summed E-state index contributed by atoms with van der Waals surface area (Å²) in [6.07, 6.45) is 4.96. The normalized spacial score (nSPS) is 10.3. The van der Waals surface area contributed by atoms with E-state index >= 15 is 0 Å². The van der Waals surface area contributed by atoms with Crippen molar-refractivity contribution in [3.8, 4) is 11.8 Å². The van der Waals surface area contributed by atoms with Crippen LogP contribution in [0.4, 0.5) is 0 Å². The lowest BCUT2D eigenvalue weighted by Gasteiger charge is -2.06. The zero-order valence-electron chi connectivity index (χ0n) is 8.31. The second-order valence-electron chi connectivity index (χ2n) is 2.87. The van der Waals surface area contributed by atoms with Crippen LogP contribution in [0.25, 0.3) is 5.82 Å². The van der Waals surface area contributed by atoms with Gasteiger partial charge in [-0.25, -0.2) is 9.97 Å². The molecule has 0 aliphatic carbocycles. The summed E-state index contributed by atoms with van der Waals surface area (Å²) in [5.74, 6) is 1.37. The lowest BCUT2D eigenvalue weighted by molar-refractivity contribution is 0.379. The molecule has 2 aromatic rings. The van der Waals surface area contributed by atoms with Crippen molar-refractivity contribution in [2.45, 2.75) is 6.92 Å². The van der Waals surface area contributed by atoms with E-state index in [1.54, 1.807) is 17.0 Å². The van der Waals surface area contributed by atoms with Crippen molar-refractivity contribution in [2.24, 2.45) is 0 Å². The van der Waals surface area contributed by atoms with Crippen LogP contribution in [0.15, 0.2) is 18.6 Å². The first-order valence-corrected chi connectivity index (χ1v) is 4.67. The Morgan fingerprint density at radius 2 is 2.20 bits per heavy atom. The van der Waals surface area contributed by atoms with Crippen LogP contribution in [-0.2, 0) is 0 Å². The molecule has 0 saturated heterocycles. The van der Waals surface area contributed by atoms with Crippen LogP contribution in [0.2, 0.25) is 5.02 Å². The maximum atomic E-state index is 5.99. The number of rotatable bonds is 2. The summed E-state index contributed by atoms with van der Waals surface area (Å²) in [6, 6.07) is 0.280. The fourth-order valence-corrected chi connectivity index (χ4v) is 1.39. The van der Waals surface area contributed by atoms with Crippen LogP contribution in [0.3, 0.4) is 0 Å². The van der Waals surface area contributed by atoms with Crippen LogP contribution in [-0.4, -0.2) is 26.6 Å². The average Bonchev–Trinajstić information content (AvgIpc) is 2.65. The Bertz CT molecular complexity index is 483. The fourth-order valence-electron chi connectivity index (χ4n) is 1.21. The number of hydrogen-bond acceptors (Lipinski definition) is 4. The smallest absolute Gasteiger partial charge is 0.318 e. The molecule has 0 radical (unpaired) electrons. The van der Waals surface area contributed by atoms with Crippen LogP contribution in [0.1, 0.15) is 5.82 Å². The van der Waals surface area contributed by atoms with Gasteiger partial charge in [0.05, 0.1) is 13.3 Å². The van der Waals surface area contributed by atoms with Crippen molar-refractivity contribution in [2.75, 3.05) is 7.11 Å². The SMILES string of the molecule is COc1ncc(Cl)c(-n2ccnc2C)n1. The molecule has 6 heteroatoms. The number of aromatic nitrogens is 4. The quantitative estimate of drug-likeness (QED) is 0.778. The highest BCUT2D eigenvalue weighted by molar-refractivity contribution is 6.32. The van der Waals surface area contributed by atoms with E-state index in [0.29, 0.717) is 10.8 Å². The van der Waals surface area contributed by atoms with Gasteiger partial charge >= 0.3 is 6.01 Å². The molecule has 2 aromatic heterocycles. The van der Waals surface area contributed by atoms with Crippen LogP contribution in [0, 0.1) is 6.92 Å². The van der Waals surface area contributed by atoms with E-state index in [0.717, 1.165) is 5.82 Å². The Balaban J connectivity index is 2.56. The molecule has 0 spiro atoms. The van der Waals surface area contributed by atoms with Gasteiger partial charge in [0.15, 0.2) is 5.82 Å². The predicted octanol–water partition coefficient (Wildman–Crippen LogP) is 1.63. The zero-order chi connectivity index (χ0) is 10.8. The number of nitrogens with zero attached hydrogens (tertiary/aromatic N) is 4. The minimum absolute atomic E-state index is 0.280. The van der Waals surface area contributed by atoms with Crippen molar-refractivity contribution >= 4 is 11.6 Å². The molecule has 2 heterocycles. The van der Waals surface area contributed by atoms with Gasteiger partial charge in [-0.05, 0) is 6.92 Å². The highest BCUT2D eigenvalue weighted by Crippen LogP contribution is 2.20. The van der Waals surface area contributed by atoms with Gasteiger partial charge < -0.3 is 4.74 Å². The minimum Gasteiger partial charge on any atom is -0.467 e. The van der Waals surface area contributed by atoms with Crippen LogP contribution < -0.4 is 4.74 Å². The van der Waals surface area contributed by atoms with Crippen molar-refractivity contribution in [3.63, 3.8) is 0 Å². The molecule has 0 aromatic carbocycles. The van der Waals surface area contributed by atoms with E-state index in [-0.39, 0.29) is 6.01 Å². The largest absolute Gasteiger partial charge is 0.467 e. The summed E-state index contributed by atoms with van der Waals surface area (Å²) >= 11 is 5.99. The summed E-state index contributed by atoms with van der Waals surface area (Å²) in [6.45, 7) is 1.87. The fraction of sp³-hybridized carbons (Fsp3) is 0.222. The Labute approximate surface area is 91.7 Å². The van der Waals surface area contributed by atoms with Crippen molar-refractivity contribution in [3.05, 3.63) is 29.4 Å². The van der Waals surface area contributed by atoms with E-state index in [4.69, 9.17) is 16.3 Å². The molecule has 0 amide bonds. The molecule has 0 atom stereocenters. The van der Waals surface area contributed by atoms with E-state index in [1.807, 2.05) is 6.92 Å². The minimum atomic E-state index is 0.280. The third kappa shape index (κ3) is 1.78. The number of halogens is 1. The number of ether oxygens (including phenoxy) is 1. The predicted molar refractivity (Wildman–Crippen MR) is 55.5 cm³/mol. The van der Waals surface area contributed by atoms with Gasteiger partial charge in [0.25, 0.3) is 0 Å². The topological polar surface area (TPSA) is 52.8 Å².